The topological polar surface area (TPSA) is 89.5 Å². The molecule has 2 aromatic rings. The minimum atomic E-state index is -0.575. The van der Waals surface area contributed by atoms with Crippen LogP contribution in [-0.4, -0.2) is 29.6 Å². The van der Waals surface area contributed by atoms with Gasteiger partial charge in [-0.1, -0.05) is 0 Å². The number of carbonyl (C=O) groups excluding carboxylic acids is 2. The Hall–Kier alpha value is -3.00. The summed E-state index contributed by atoms with van der Waals surface area (Å²) in [7, 11) is 1.65. The van der Waals surface area contributed by atoms with Gasteiger partial charge in [0.1, 0.15) is 11.6 Å². The van der Waals surface area contributed by atoms with Crippen LogP contribution in [0.3, 0.4) is 0 Å². The van der Waals surface area contributed by atoms with Gasteiger partial charge in [-0.25, -0.2) is 14.2 Å². The lowest BCUT2D eigenvalue weighted by molar-refractivity contribution is -0.262. The molecule has 0 unspecified atom stereocenters. The fourth-order valence-electron chi connectivity index (χ4n) is 3.93. The van der Waals surface area contributed by atoms with Gasteiger partial charge in [0, 0.05) is 18.9 Å². The molecule has 3 aliphatic carbocycles. The molecule has 3 fully saturated rings. The van der Waals surface area contributed by atoms with Crippen molar-refractivity contribution in [1.29, 1.82) is 0 Å². The van der Waals surface area contributed by atoms with E-state index < -0.39 is 17.3 Å². The fraction of sp³-hybridized carbons (Fsp3) is 0.350. The van der Waals surface area contributed by atoms with Crippen LogP contribution < -0.4 is 15.4 Å². The monoisotopic (exact) mass is 385 g/mol. The Balaban J connectivity index is 1.33. The van der Waals surface area contributed by atoms with E-state index in [1.807, 2.05) is 0 Å². The number of methoxy groups -OCH3 is 1. The summed E-state index contributed by atoms with van der Waals surface area (Å²) < 4.78 is 23.9. The van der Waals surface area contributed by atoms with Crippen molar-refractivity contribution >= 4 is 17.6 Å². The molecule has 5 rings (SSSR count). The van der Waals surface area contributed by atoms with Crippen LogP contribution in [0.5, 0.6) is 11.6 Å². The summed E-state index contributed by atoms with van der Waals surface area (Å²) >= 11 is 0. The molecule has 1 heterocycles. The molecular formula is C20H20FN3O4. The highest BCUT2D eigenvalue weighted by atomic mass is 19.1. The maximum absolute atomic E-state index is 12.9. The quantitative estimate of drug-likeness (QED) is 0.822. The van der Waals surface area contributed by atoms with Gasteiger partial charge >= 0.3 is 6.03 Å². The Morgan fingerprint density at radius 3 is 2.54 bits per heavy atom. The number of aryl methyl sites for hydroxylation is 1. The number of amides is 3. The number of carbonyl (C=O) groups is 2. The molecule has 2 bridgehead atoms. The molecule has 1 aromatic heterocycles. The summed E-state index contributed by atoms with van der Waals surface area (Å²) in [6, 6.07) is 7.14. The Bertz CT molecular complexity index is 925. The number of aromatic nitrogens is 1. The molecule has 0 atom stereocenters. The summed E-state index contributed by atoms with van der Waals surface area (Å²) in [6.45, 7) is 1.80. The Labute approximate surface area is 161 Å². The first-order valence-electron chi connectivity index (χ1n) is 8.91. The molecule has 146 valence electrons. The van der Waals surface area contributed by atoms with Crippen molar-refractivity contribution in [3.05, 3.63) is 47.9 Å². The van der Waals surface area contributed by atoms with Crippen molar-refractivity contribution in [2.24, 2.45) is 5.41 Å². The second-order valence-corrected chi connectivity index (χ2v) is 7.50. The summed E-state index contributed by atoms with van der Waals surface area (Å²) in [5.41, 5.74) is 0.661. The molecule has 28 heavy (non-hydrogen) atoms. The molecular weight excluding hydrogens is 365 g/mol. The van der Waals surface area contributed by atoms with Crippen LogP contribution in [0.1, 0.15) is 24.8 Å². The summed E-state index contributed by atoms with van der Waals surface area (Å²) in [6.07, 6.45) is 3.07. The third-order valence-electron chi connectivity index (χ3n) is 5.47. The largest absolute Gasteiger partial charge is 0.439 e. The zero-order valence-electron chi connectivity index (χ0n) is 15.5. The number of imide groups is 1. The van der Waals surface area contributed by atoms with Gasteiger partial charge in [0.2, 0.25) is 11.8 Å². The minimum absolute atomic E-state index is 0.153. The van der Waals surface area contributed by atoms with E-state index in [2.05, 4.69) is 15.6 Å². The van der Waals surface area contributed by atoms with Crippen LogP contribution >= 0.6 is 0 Å². The first kappa shape index (κ1) is 18.4. The second-order valence-electron chi connectivity index (χ2n) is 7.50. The van der Waals surface area contributed by atoms with Gasteiger partial charge < -0.3 is 14.8 Å². The van der Waals surface area contributed by atoms with E-state index >= 15 is 0 Å². The molecule has 7 nitrogen and oxygen atoms in total. The van der Waals surface area contributed by atoms with Crippen molar-refractivity contribution in [1.82, 2.24) is 10.3 Å². The molecule has 3 saturated carbocycles. The van der Waals surface area contributed by atoms with Gasteiger partial charge in [-0.15, -0.1) is 0 Å². The highest BCUT2D eigenvalue weighted by Gasteiger charge is 2.72. The van der Waals surface area contributed by atoms with Crippen molar-refractivity contribution < 1.29 is 23.5 Å². The van der Waals surface area contributed by atoms with E-state index in [0.717, 1.165) is 11.8 Å². The van der Waals surface area contributed by atoms with Crippen molar-refractivity contribution in [3.63, 3.8) is 0 Å². The molecule has 3 aliphatic rings. The van der Waals surface area contributed by atoms with Crippen LogP contribution in [0, 0.1) is 18.2 Å². The molecule has 3 amide bonds. The number of benzene rings is 1. The highest BCUT2D eigenvalue weighted by molar-refractivity contribution is 6.04. The standard InChI is InChI=1S/C20H20FN3O4/c1-12-7-14(4-5-15(12)28-16-6-3-13(21)8-22-16)23-18(26)24-17(25)19-9-20(10-19,11-19)27-2/h3-8H,9-11H2,1-2H3,(H2,23,24,25,26). The van der Waals surface area contributed by atoms with E-state index in [9.17, 15) is 14.0 Å². The van der Waals surface area contributed by atoms with Gasteiger partial charge in [0.15, 0.2) is 0 Å². The van der Waals surface area contributed by atoms with Gasteiger partial charge in [-0.05, 0) is 56.0 Å². The molecule has 0 aliphatic heterocycles. The van der Waals surface area contributed by atoms with Crippen LogP contribution in [-0.2, 0) is 9.53 Å². The highest BCUT2D eigenvalue weighted by Crippen LogP contribution is 2.68. The van der Waals surface area contributed by atoms with Crippen molar-refractivity contribution in [2.45, 2.75) is 31.8 Å². The number of nitrogens with zero attached hydrogens (tertiary/aromatic N) is 1. The van der Waals surface area contributed by atoms with E-state index in [1.165, 1.54) is 12.1 Å². The molecule has 0 spiro atoms. The smallest absolute Gasteiger partial charge is 0.325 e. The number of urea groups is 1. The van der Waals surface area contributed by atoms with E-state index in [-0.39, 0.29) is 17.4 Å². The second kappa shape index (κ2) is 6.56. The minimum Gasteiger partial charge on any atom is -0.439 e. The lowest BCUT2D eigenvalue weighted by Gasteiger charge is -2.67. The predicted octanol–water partition coefficient (Wildman–Crippen LogP) is 3.54. The van der Waals surface area contributed by atoms with Gasteiger partial charge in [0.05, 0.1) is 17.2 Å². The number of rotatable bonds is 5. The molecule has 0 radical (unpaired) electrons. The SMILES string of the molecule is COC12CC(C(=O)NC(=O)Nc3ccc(Oc4ccc(F)cn4)c(C)c3)(C1)C2. The number of hydrogen-bond acceptors (Lipinski definition) is 5. The molecule has 1 aromatic carbocycles. The fourth-order valence-corrected chi connectivity index (χ4v) is 3.93. The van der Waals surface area contributed by atoms with E-state index in [0.29, 0.717) is 30.7 Å². The average Bonchev–Trinajstić information content (AvgIpc) is 2.57. The zero-order chi connectivity index (χ0) is 19.9. The number of anilines is 1. The summed E-state index contributed by atoms with van der Waals surface area (Å²) in [5.74, 6) is 0.0872. The normalized spacial score (nSPS) is 24.5. The Morgan fingerprint density at radius 2 is 1.93 bits per heavy atom. The molecule has 2 N–H and O–H groups in total. The number of halogens is 1. The van der Waals surface area contributed by atoms with Gasteiger partial charge in [-0.2, -0.15) is 0 Å². The number of nitrogens with one attached hydrogen (secondary N) is 2. The van der Waals surface area contributed by atoms with Gasteiger partial charge in [0.25, 0.3) is 0 Å². The third-order valence-corrected chi connectivity index (χ3v) is 5.47. The first-order chi connectivity index (χ1) is 13.3. The number of ether oxygens (including phenoxy) is 2. The Morgan fingerprint density at radius 1 is 1.18 bits per heavy atom. The lowest BCUT2D eigenvalue weighted by Crippen LogP contribution is -2.73. The van der Waals surface area contributed by atoms with E-state index in [1.54, 1.807) is 32.2 Å². The van der Waals surface area contributed by atoms with Crippen molar-refractivity contribution in [2.75, 3.05) is 12.4 Å². The summed E-state index contributed by atoms with van der Waals surface area (Å²) in [5, 5.41) is 5.06. The predicted molar refractivity (Wildman–Crippen MR) is 98.6 cm³/mol. The van der Waals surface area contributed by atoms with Crippen LogP contribution in [0.2, 0.25) is 0 Å². The van der Waals surface area contributed by atoms with Crippen LogP contribution in [0.25, 0.3) is 0 Å². The lowest BCUT2D eigenvalue weighted by atomic mass is 9.41. The summed E-state index contributed by atoms with van der Waals surface area (Å²) in [4.78, 5) is 28.3. The third kappa shape index (κ3) is 3.20. The van der Waals surface area contributed by atoms with Gasteiger partial charge in [-0.3, -0.25) is 10.1 Å². The number of hydrogen-bond donors (Lipinski definition) is 2. The maximum atomic E-state index is 12.9. The maximum Gasteiger partial charge on any atom is 0.325 e. The first-order valence-corrected chi connectivity index (χ1v) is 8.91. The van der Waals surface area contributed by atoms with Crippen molar-refractivity contribution in [3.8, 4) is 11.6 Å². The van der Waals surface area contributed by atoms with Crippen LogP contribution in [0.15, 0.2) is 36.5 Å². The Kier molecular flexibility index (Phi) is 4.30. The van der Waals surface area contributed by atoms with Crippen LogP contribution in [0.4, 0.5) is 14.9 Å². The molecule has 8 heteroatoms. The number of pyridine rings is 1. The van der Waals surface area contributed by atoms with E-state index in [4.69, 9.17) is 9.47 Å². The zero-order valence-corrected chi connectivity index (χ0v) is 15.5. The average molecular weight is 385 g/mol. The molecule has 0 saturated heterocycles.